The standard InChI is InChI=1S/C23H21F3N4/c24-23(25,26)19-11-12-21(27-16-19)30(22-10-5-13-28-29-22)20-9-4-8-18(15-20)14-17-6-2-1-3-7-17/h4-5,8-16H,1-3,6-7H2. The summed E-state index contributed by atoms with van der Waals surface area (Å²) in [5.41, 5.74) is 2.44. The molecule has 0 aliphatic heterocycles. The Balaban J connectivity index is 1.73. The Morgan fingerprint density at radius 3 is 2.40 bits per heavy atom. The number of nitrogens with zero attached hydrogens (tertiary/aromatic N) is 4. The molecule has 0 atom stereocenters. The second-order valence-electron chi connectivity index (χ2n) is 7.28. The van der Waals surface area contributed by atoms with E-state index in [1.165, 1.54) is 30.9 Å². The van der Waals surface area contributed by atoms with Gasteiger partial charge in [-0.15, -0.1) is 5.10 Å². The molecule has 7 heteroatoms. The Morgan fingerprint density at radius 2 is 1.73 bits per heavy atom. The van der Waals surface area contributed by atoms with Crippen LogP contribution in [0.4, 0.5) is 30.5 Å². The van der Waals surface area contributed by atoms with E-state index in [2.05, 4.69) is 21.3 Å². The lowest BCUT2D eigenvalue weighted by atomic mass is 9.93. The second kappa shape index (κ2) is 8.65. The van der Waals surface area contributed by atoms with Crippen LogP contribution in [-0.2, 0) is 6.18 Å². The minimum atomic E-state index is -4.44. The van der Waals surface area contributed by atoms with E-state index in [0.29, 0.717) is 11.6 Å². The normalized spacial score (nSPS) is 14.4. The molecular formula is C23H21F3N4. The number of alkyl halides is 3. The number of aromatic nitrogens is 3. The van der Waals surface area contributed by atoms with Gasteiger partial charge in [0.05, 0.1) is 5.56 Å². The molecule has 1 aromatic carbocycles. The molecular weight excluding hydrogens is 389 g/mol. The van der Waals surface area contributed by atoms with E-state index in [1.807, 2.05) is 24.3 Å². The van der Waals surface area contributed by atoms with Crippen molar-refractivity contribution in [3.05, 3.63) is 77.6 Å². The molecule has 1 aliphatic carbocycles. The van der Waals surface area contributed by atoms with E-state index >= 15 is 0 Å². The molecule has 30 heavy (non-hydrogen) atoms. The van der Waals surface area contributed by atoms with Crippen LogP contribution in [0.25, 0.3) is 6.08 Å². The monoisotopic (exact) mass is 410 g/mol. The Bertz CT molecular complexity index is 1010. The molecule has 1 fully saturated rings. The molecule has 0 unspecified atom stereocenters. The fraction of sp³-hybridized carbons (Fsp3) is 0.261. The number of rotatable bonds is 4. The smallest absolute Gasteiger partial charge is 0.278 e. The Labute approximate surface area is 173 Å². The minimum absolute atomic E-state index is 0.339. The summed E-state index contributed by atoms with van der Waals surface area (Å²) in [5, 5.41) is 8.06. The van der Waals surface area contributed by atoms with Crippen molar-refractivity contribution in [2.75, 3.05) is 4.90 Å². The van der Waals surface area contributed by atoms with Gasteiger partial charge in [-0.2, -0.15) is 18.3 Å². The van der Waals surface area contributed by atoms with E-state index in [0.717, 1.165) is 36.4 Å². The summed E-state index contributed by atoms with van der Waals surface area (Å²) in [6.07, 6.45) is 6.08. The molecule has 0 N–H and O–H groups in total. The van der Waals surface area contributed by atoms with Gasteiger partial charge < -0.3 is 0 Å². The van der Waals surface area contributed by atoms with Gasteiger partial charge >= 0.3 is 6.18 Å². The number of hydrogen-bond acceptors (Lipinski definition) is 4. The molecule has 2 aromatic heterocycles. The predicted octanol–water partition coefficient (Wildman–Crippen LogP) is 6.71. The molecule has 0 radical (unpaired) electrons. The van der Waals surface area contributed by atoms with Gasteiger partial charge in [-0.3, -0.25) is 4.90 Å². The molecule has 0 saturated heterocycles. The van der Waals surface area contributed by atoms with Crippen molar-refractivity contribution in [2.45, 2.75) is 38.3 Å². The van der Waals surface area contributed by atoms with Crippen molar-refractivity contribution in [3.8, 4) is 0 Å². The summed E-state index contributed by atoms with van der Waals surface area (Å²) in [5.74, 6) is 0.818. The Hall–Kier alpha value is -3.22. The van der Waals surface area contributed by atoms with Crippen LogP contribution in [0.5, 0.6) is 0 Å². The van der Waals surface area contributed by atoms with Gasteiger partial charge in [-0.05, 0) is 67.6 Å². The highest BCUT2D eigenvalue weighted by Crippen LogP contribution is 2.35. The summed E-state index contributed by atoms with van der Waals surface area (Å²) in [4.78, 5) is 5.77. The molecule has 1 aliphatic rings. The van der Waals surface area contributed by atoms with Crippen molar-refractivity contribution in [2.24, 2.45) is 0 Å². The number of pyridine rings is 1. The number of benzene rings is 1. The molecule has 2 heterocycles. The number of anilines is 3. The first-order valence-electron chi connectivity index (χ1n) is 9.91. The number of halogens is 3. The van der Waals surface area contributed by atoms with E-state index < -0.39 is 11.7 Å². The van der Waals surface area contributed by atoms with Crippen molar-refractivity contribution in [1.29, 1.82) is 0 Å². The van der Waals surface area contributed by atoms with E-state index in [-0.39, 0.29) is 0 Å². The third-order valence-electron chi connectivity index (χ3n) is 5.09. The lowest BCUT2D eigenvalue weighted by Gasteiger charge is -2.23. The molecule has 0 spiro atoms. The number of allylic oxidation sites excluding steroid dienone is 1. The summed E-state index contributed by atoms with van der Waals surface area (Å²) in [6, 6.07) is 13.7. The molecule has 3 aromatic rings. The van der Waals surface area contributed by atoms with E-state index in [1.54, 1.807) is 23.2 Å². The Kier molecular flexibility index (Phi) is 5.79. The summed E-state index contributed by atoms with van der Waals surface area (Å²) < 4.78 is 38.9. The highest BCUT2D eigenvalue weighted by atomic mass is 19.4. The van der Waals surface area contributed by atoms with Crippen molar-refractivity contribution >= 4 is 23.4 Å². The van der Waals surface area contributed by atoms with Gasteiger partial charge in [0.2, 0.25) is 0 Å². The minimum Gasteiger partial charge on any atom is -0.278 e. The van der Waals surface area contributed by atoms with Crippen molar-refractivity contribution < 1.29 is 13.2 Å². The average molecular weight is 410 g/mol. The first-order chi connectivity index (χ1) is 14.5. The first-order valence-corrected chi connectivity index (χ1v) is 9.91. The lowest BCUT2D eigenvalue weighted by molar-refractivity contribution is -0.137. The summed E-state index contributed by atoms with van der Waals surface area (Å²) >= 11 is 0. The largest absolute Gasteiger partial charge is 0.417 e. The topological polar surface area (TPSA) is 41.9 Å². The highest BCUT2D eigenvalue weighted by Gasteiger charge is 2.31. The zero-order chi connectivity index (χ0) is 21.0. The molecule has 4 nitrogen and oxygen atoms in total. The third-order valence-corrected chi connectivity index (χ3v) is 5.09. The van der Waals surface area contributed by atoms with Crippen molar-refractivity contribution in [3.63, 3.8) is 0 Å². The molecule has 1 saturated carbocycles. The zero-order valence-corrected chi connectivity index (χ0v) is 16.3. The van der Waals surface area contributed by atoms with Crippen LogP contribution in [0.15, 0.2) is 66.5 Å². The Morgan fingerprint density at radius 1 is 0.900 bits per heavy atom. The third kappa shape index (κ3) is 4.67. The quantitative estimate of drug-likeness (QED) is 0.479. The molecule has 4 rings (SSSR count). The molecule has 154 valence electrons. The van der Waals surface area contributed by atoms with Gasteiger partial charge in [-0.1, -0.05) is 30.2 Å². The summed E-state index contributed by atoms with van der Waals surface area (Å²) in [6.45, 7) is 0. The van der Waals surface area contributed by atoms with Crippen LogP contribution in [-0.4, -0.2) is 15.2 Å². The average Bonchev–Trinajstić information content (AvgIpc) is 2.76. The van der Waals surface area contributed by atoms with Gasteiger partial charge in [0.1, 0.15) is 5.82 Å². The molecule has 0 bridgehead atoms. The predicted molar refractivity (Wildman–Crippen MR) is 111 cm³/mol. The fourth-order valence-electron chi connectivity index (χ4n) is 3.62. The van der Waals surface area contributed by atoms with Crippen molar-refractivity contribution in [1.82, 2.24) is 15.2 Å². The van der Waals surface area contributed by atoms with Crippen LogP contribution in [0.3, 0.4) is 0 Å². The highest BCUT2D eigenvalue weighted by molar-refractivity contribution is 5.74. The van der Waals surface area contributed by atoms with Gasteiger partial charge in [0.15, 0.2) is 5.82 Å². The second-order valence-corrected chi connectivity index (χ2v) is 7.28. The van der Waals surface area contributed by atoms with Gasteiger partial charge in [-0.25, -0.2) is 4.98 Å². The fourth-order valence-corrected chi connectivity index (χ4v) is 3.62. The zero-order valence-electron chi connectivity index (χ0n) is 16.3. The van der Waals surface area contributed by atoms with E-state index in [4.69, 9.17) is 0 Å². The van der Waals surface area contributed by atoms with Crippen LogP contribution >= 0.6 is 0 Å². The SMILES string of the molecule is FC(F)(F)c1ccc(N(c2cccc(C=C3CCCCC3)c2)c2cccnn2)nc1. The van der Waals surface area contributed by atoms with Gasteiger partial charge in [0.25, 0.3) is 0 Å². The van der Waals surface area contributed by atoms with Crippen LogP contribution in [0.1, 0.15) is 43.2 Å². The maximum atomic E-state index is 13.0. The molecule has 0 amide bonds. The summed E-state index contributed by atoms with van der Waals surface area (Å²) in [7, 11) is 0. The lowest BCUT2D eigenvalue weighted by Crippen LogP contribution is -2.14. The maximum Gasteiger partial charge on any atom is 0.417 e. The first kappa shape index (κ1) is 20.1. The van der Waals surface area contributed by atoms with E-state index in [9.17, 15) is 13.2 Å². The van der Waals surface area contributed by atoms with Gasteiger partial charge in [0, 0.05) is 18.1 Å². The van der Waals surface area contributed by atoms with Crippen LogP contribution in [0, 0.1) is 0 Å². The maximum absolute atomic E-state index is 13.0. The number of hydrogen-bond donors (Lipinski definition) is 0. The van der Waals surface area contributed by atoms with Crippen LogP contribution in [0.2, 0.25) is 0 Å². The van der Waals surface area contributed by atoms with Crippen LogP contribution < -0.4 is 4.90 Å².